The molecule has 4 rings (SSSR count). The lowest BCUT2D eigenvalue weighted by molar-refractivity contribution is -0.132. The number of hydrogen-bond donors (Lipinski definition) is 2. The molecule has 2 unspecified atom stereocenters. The molecule has 0 bridgehead atoms. The van der Waals surface area contributed by atoms with Crippen LogP contribution in [0.25, 0.3) is 0 Å². The van der Waals surface area contributed by atoms with E-state index in [1.165, 1.54) is 12.1 Å². The number of nitrogens with zero attached hydrogens (tertiary/aromatic N) is 1. The number of hydrogen-bond acceptors (Lipinski definition) is 4. The van der Waals surface area contributed by atoms with Crippen LogP contribution >= 0.6 is 0 Å². The Morgan fingerprint density at radius 2 is 1.75 bits per heavy atom. The quantitative estimate of drug-likeness (QED) is 0.583. The normalized spacial score (nSPS) is 19.0. The van der Waals surface area contributed by atoms with Crippen molar-refractivity contribution >= 4 is 17.9 Å². The second-order valence-electron chi connectivity index (χ2n) is 10.2. The number of rotatable bonds is 8. The van der Waals surface area contributed by atoms with Gasteiger partial charge in [0.05, 0.1) is 6.42 Å². The van der Waals surface area contributed by atoms with Crippen LogP contribution in [0.15, 0.2) is 54.6 Å². The van der Waals surface area contributed by atoms with Crippen LogP contribution in [-0.2, 0) is 27.4 Å². The summed E-state index contributed by atoms with van der Waals surface area (Å²) in [4.78, 5) is 39.8. The summed E-state index contributed by atoms with van der Waals surface area (Å²) in [5, 5.41) is 5.82. The predicted octanol–water partition coefficient (Wildman–Crippen LogP) is 3.82. The average Bonchev–Trinajstić information content (AvgIpc) is 3.52. The standard InChI is InChI=1S/C28H34FN3O4/c1-19(2)25(31-27(35)36-18-20-7-4-3-5-8-20)26(34)30-23-17-28(23)11-13-32(14-12-28)24(33)16-21-9-6-10-22(29)15-21/h3-10,15,19,23,25H,11-14,16-18H2,1-2H3,(H,30,34)(H,31,35). The van der Waals surface area contributed by atoms with E-state index in [0.717, 1.165) is 24.8 Å². The molecule has 8 heteroatoms. The number of carbonyl (C=O) groups excluding carboxylic acids is 3. The summed E-state index contributed by atoms with van der Waals surface area (Å²) in [7, 11) is 0. The molecule has 2 N–H and O–H groups in total. The van der Waals surface area contributed by atoms with E-state index < -0.39 is 12.1 Å². The molecular formula is C28H34FN3O4. The van der Waals surface area contributed by atoms with Gasteiger partial charge < -0.3 is 20.3 Å². The Bertz CT molecular complexity index is 1080. The highest BCUT2D eigenvalue weighted by Crippen LogP contribution is 2.54. The zero-order valence-corrected chi connectivity index (χ0v) is 20.8. The first kappa shape index (κ1) is 25.7. The van der Waals surface area contributed by atoms with Gasteiger partial charge in [-0.1, -0.05) is 56.3 Å². The topological polar surface area (TPSA) is 87.7 Å². The summed E-state index contributed by atoms with van der Waals surface area (Å²) in [6, 6.07) is 14.8. The average molecular weight is 496 g/mol. The fourth-order valence-corrected chi connectivity index (χ4v) is 4.93. The van der Waals surface area contributed by atoms with E-state index in [1.807, 2.05) is 49.1 Å². The first-order valence-corrected chi connectivity index (χ1v) is 12.6. The van der Waals surface area contributed by atoms with Crippen molar-refractivity contribution in [2.45, 2.75) is 58.2 Å². The molecule has 2 aliphatic rings. The number of likely N-dealkylation sites (tertiary alicyclic amines) is 1. The van der Waals surface area contributed by atoms with E-state index in [2.05, 4.69) is 10.6 Å². The third-order valence-electron chi connectivity index (χ3n) is 7.30. The van der Waals surface area contributed by atoms with E-state index in [-0.39, 0.29) is 48.0 Å². The van der Waals surface area contributed by atoms with E-state index in [4.69, 9.17) is 4.74 Å². The highest BCUT2D eigenvalue weighted by Gasteiger charge is 2.56. The molecule has 1 aliphatic heterocycles. The molecule has 0 aromatic heterocycles. The van der Waals surface area contributed by atoms with Crippen molar-refractivity contribution in [1.29, 1.82) is 0 Å². The number of benzene rings is 2. The van der Waals surface area contributed by atoms with Gasteiger partial charge in [-0.2, -0.15) is 0 Å². The molecule has 1 spiro atoms. The minimum Gasteiger partial charge on any atom is -0.445 e. The zero-order valence-electron chi connectivity index (χ0n) is 20.8. The predicted molar refractivity (Wildman–Crippen MR) is 133 cm³/mol. The monoisotopic (exact) mass is 495 g/mol. The lowest BCUT2D eigenvalue weighted by atomic mass is 9.92. The Morgan fingerprint density at radius 3 is 2.42 bits per heavy atom. The molecule has 192 valence electrons. The molecule has 3 amide bonds. The Morgan fingerprint density at radius 1 is 1.06 bits per heavy atom. The van der Waals surface area contributed by atoms with Crippen molar-refractivity contribution in [2.75, 3.05) is 13.1 Å². The maximum absolute atomic E-state index is 13.4. The van der Waals surface area contributed by atoms with E-state index >= 15 is 0 Å². The Labute approximate surface area is 211 Å². The van der Waals surface area contributed by atoms with Crippen molar-refractivity contribution in [2.24, 2.45) is 11.3 Å². The summed E-state index contributed by atoms with van der Waals surface area (Å²) < 4.78 is 18.7. The minimum absolute atomic E-state index is 0.000638. The second-order valence-corrected chi connectivity index (χ2v) is 10.2. The van der Waals surface area contributed by atoms with Gasteiger partial charge in [0.15, 0.2) is 0 Å². The number of ether oxygens (including phenoxy) is 1. The molecule has 2 fully saturated rings. The van der Waals surface area contributed by atoms with Crippen molar-refractivity contribution < 1.29 is 23.5 Å². The fourth-order valence-electron chi connectivity index (χ4n) is 4.93. The van der Waals surface area contributed by atoms with Crippen LogP contribution in [0.4, 0.5) is 9.18 Å². The highest BCUT2D eigenvalue weighted by atomic mass is 19.1. The van der Waals surface area contributed by atoms with Gasteiger partial charge in [0.25, 0.3) is 0 Å². The maximum atomic E-state index is 13.4. The van der Waals surface area contributed by atoms with Gasteiger partial charge in [-0.25, -0.2) is 9.18 Å². The highest BCUT2D eigenvalue weighted by molar-refractivity contribution is 5.86. The summed E-state index contributed by atoms with van der Waals surface area (Å²) >= 11 is 0. The summed E-state index contributed by atoms with van der Waals surface area (Å²) in [6.07, 6.45) is 2.06. The molecule has 1 saturated carbocycles. The molecule has 1 aliphatic carbocycles. The smallest absolute Gasteiger partial charge is 0.408 e. The lowest BCUT2D eigenvalue weighted by Gasteiger charge is -2.33. The number of nitrogens with one attached hydrogen (secondary N) is 2. The van der Waals surface area contributed by atoms with Gasteiger partial charge in [0.1, 0.15) is 18.5 Å². The van der Waals surface area contributed by atoms with Crippen molar-refractivity contribution in [1.82, 2.24) is 15.5 Å². The third kappa shape index (κ3) is 6.42. The van der Waals surface area contributed by atoms with Gasteiger partial charge in [-0.15, -0.1) is 0 Å². The Balaban J connectivity index is 1.23. The number of halogens is 1. The summed E-state index contributed by atoms with van der Waals surface area (Å²) in [5.74, 6) is -0.665. The number of alkyl carbamates (subject to hydrolysis) is 1. The van der Waals surface area contributed by atoms with E-state index in [9.17, 15) is 18.8 Å². The fraction of sp³-hybridized carbons (Fsp3) is 0.464. The van der Waals surface area contributed by atoms with Gasteiger partial charge >= 0.3 is 6.09 Å². The molecule has 7 nitrogen and oxygen atoms in total. The SMILES string of the molecule is CC(C)C(NC(=O)OCc1ccccc1)C(=O)NC1CC12CCN(C(=O)Cc1cccc(F)c1)CC2. The molecule has 2 aromatic carbocycles. The Kier molecular flexibility index (Phi) is 7.91. The van der Waals surface area contributed by atoms with E-state index in [1.54, 1.807) is 12.1 Å². The molecule has 0 radical (unpaired) electrons. The van der Waals surface area contributed by atoms with Crippen LogP contribution in [0.5, 0.6) is 0 Å². The van der Waals surface area contributed by atoms with Crippen LogP contribution in [0, 0.1) is 17.2 Å². The van der Waals surface area contributed by atoms with Crippen LogP contribution in [0.2, 0.25) is 0 Å². The summed E-state index contributed by atoms with van der Waals surface area (Å²) in [6.45, 7) is 5.15. The van der Waals surface area contributed by atoms with Crippen LogP contribution in [-0.4, -0.2) is 48.0 Å². The van der Waals surface area contributed by atoms with Gasteiger partial charge in [-0.05, 0) is 53.9 Å². The molecule has 1 saturated heterocycles. The number of carbonyl (C=O) groups is 3. The third-order valence-corrected chi connectivity index (χ3v) is 7.30. The van der Waals surface area contributed by atoms with Gasteiger partial charge in [0.2, 0.25) is 11.8 Å². The molecule has 2 atom stereocenters. The summed E-state index contributed by atoms with van der Waals surface area (Å²) in [5.41, 5.74) is 1.55. The lowest BCUT2D eigenvalue weighted by Crippen LogP contribution is -2.51. The molecule has 2 aromatic rings. The van der Waals surface area contributed by atoms with Gasteiger partial charge in [-0.3, -0.25) is 9.59 Å². The van der Waals surface area contributed by atoms with Crippen molar-refractivity contribution in [3.8, 4) is 0 Å². The van der Waals surface area contributed by atoms with Crippen molar-refractivity contribution in [3.63, 3.8) is 0 Å². The first-order chi connectivity index (χ1) is 17.3. The minimum atomic E-state index is -0.696. The number of amides is 3. The number of piperidine rings is 1. The Hall–Kier alpha value is -3.42. The molecule has 36 heavy (non-hydrogen) atoms. The van der Waals surface area contributed by atoms with Crippen LogP contribution in [0.3, 0.4) is 0 Å². The zero-order chi connectivity index (χ0) is 25.7. The van der Waals surface area contributed by atoms with Crippen LogP contribution in [0.1, 0.15) is 44.2 Å². The van der Waals surface area contributed by atoms with E-state index in [0.29, 0.717) is 18.7 Å². The van der Waals surface area contributed by atoms with Crippen molar-refractivity contribution in [3.05, 3.63) is 71.5 Å². The maximum Gasteiger partial charge on any atom is 0.408 e. The molecule has 1 heterocycles. The second kappa shape index (κ2) is 11.1. The largest absolute Gasteiger partial charge is 0.445 e. The first-order valence-electron chi connectivity index (χ1n) is 12.6. The van der Waals surface area contributed by atoms with Gasteiger partial charge in [0, 0.05) is 19.1 Å². The molecular weight excluding hydrogens is 461 g/mol. The van der Waals surface area contributed by atoms with Crippen LogP contribution < -0.4 is 10.6 Å².